The zero-order valence-electron chi connectivity index (χ0n) is 12.5. The molecule has 0 aliphatic carbocycles. The molecule has 4 N–H and O–H groups in total. The Morgan fingerprint density at radius 2 is 2.00 bits per heavy atom. The Bertz CT molecular complexity index is 583. The summed E-state index contributed by atoms with van der Waals surface area (Å²) in [5.74, 6) is 0.559. The average molecular weight is 300 g/mol. The standard InChI is InChI=1S/C16H20N4O2/c1-22-14(10-17)9-16(21)20-13-7-8-15(18-11-13)19-12-5-3-2-4-6-12/h2-8,11,14H,9-10,17H2,1H3,(H,18,19)(H,20,21). The van der Waals surface area contributed by atoms with E-state index in [9.17, 15) is 4.79 Å². The van der Waals surface area contributed by atoms with Gasteiger partial charge >= 0.3 is 0 Å². The lowest BCUT2D eigenvalue weighted by Crippen LogP contribution is -2.28. The Labute approximate surface area is 129 Å². The molecule has 1 aromatic heterocycles. The Balaban J connectivity index is 1.90. The monoisotopic (exact) mass is 300 g/mol. The first-order valence-electron chi connectivity index (χ1n) is 7.02. The van der Waals surface area contributed by atoms with Gasteiger partial charge in [-0.3, -0.25) is 4.79 Å². The van der Waals surface area contributed by atoms with Crippen LogP contribution < -0.4 is 16.4 Å². The number of ether oxygens (including phenoxy) is 1. The summed E-state index contributed by atoms with van der Waals surface area (Å²) in [7, 11) is 1.54. The van der Waals surface area contributed by atoms with E-state index in [4.69, 9.17) is 10.5 Å². The molecular formula is C16H20N4O2. The third-order valence-electron chi connectivity index (χ3n) is 3.10. The molecule has 1 unspecified atom stereocenters. The Morgan fingerprint density at radius 3 is 2.59 bits per heavy atom. The number of methoxy groups -OCH3 is 1. The molecule has 6 nitrogen and oxygen atoms in total. The number of benzene rings is 1. The summed E-state index contributed by atoms with van der Waals surface area (Å²) >= 11 is 0. The second-order valence-corrected chi connectivity index (χ2v) is 4.77. The topological polar surface area (TPSA) is 89.3 Å². The van der Waals surface area contributed by atoms with Crippen molar-refractivity contribution in [2.45, 2.75) is 12.5 Å². The highest BCUT2D eigenvalue weighted by molar-refractivity contribution is 5.91. The number of nitrogens with one attached hydrogen (secondary N) is 2. The van der Waals surface area contributed by atoms with Gasteiger partial charge in [0.05, 0.1) is 24.4 Å². The Kier molecular flexibility index (Phi) is 5.88. The summed E-state index contributed by atoms with van der Waals surface area (Å²) in [4.78, 5) is 16.1. The maximum atomic E-state index is 11.8. The first-order chi connectivity index (χ1) is 10.7. The van der Waals surface area contributed by atoms with Crippen molar-refractivity contribution in [3.63, 3.8) is 0 Å². The first-order valence-corrected chi connectivity index (χ1v) is 7.02. The largest absolute Gasteiger partial charge is 0.380 e. The van der Waals surface area contributed by atoms with Gasteiger partial charge in [-0.1, -0.05) is 18.2 Å². The number of pyridine rings is 1. The van der Waals surface area contributed by atoms with E-state index < -0.39 is 0 Å². The maximum absolute atomic E-state index is 11.8. The third kappa shape index (κ3) is 4.83. The second kappa shape index (κ2) is 8.11. The minimum absolute atomic E-state index is 0.150. The van der Waals surface area contributed by atoms with Crippen LogP contribution in [0, 0.1) is 0 Å². The Morgan fingerprint density at radius 1 is 1.23 bits per heavy atom. The highest BCUT2D eigenvalue weighted by Crippen LogP contribution is 2.15. The average Bonchev–Trinajstić information content (AvgIpc) is 2.55. The van der Waals surface area contributed by atoms with Gasteiger partial charge in [-0.05, 0) is 24.3 Å². The van der Waals surface area contributed by atoms with Crippen LogP contribution in [0.1, 0.15) is 6.42 Å². The molecule has 0 aliphatic rings. The van der Waals surface area contributed by atoms with Gasteiger partial charge in [0.1, 0.15) is 5.82 Å². The van der Waals surface area contributed by atoms with Crippen molar-refractivity contribution in [3.8, 4) is 0 Å². The van der Waals surface area contributed by atoms with Crippen LogP contribution in [0.5, 0.6) is 0 Å². The van der Waals surface area contributed by atoms with E-state index >= 15 is 0 Å². The lowest BCUT2D eigenvalue weighted by molar-refractivity contribution is -0.118. The molecule has 1 atom stereocenters. The minimum Gasteiger partial charge on any atom is -0.380 e. The van der Waals surface area contributed by atoms with E-state index in [-0.39, 0.29) is 18.4 Å². The molecule has 0 saturated heterocycles. The molecule has 0 spiro atoms. The third-order valence-corrected chi connectivity index (χ3v) is 3.10. The van der Waals surface area contributed by atoms with Crippen LogP contribution in [-0.4, -0.2) is 30.6 Å². The lowest BCUT2D eigenvalue weighted by Gasteiger charge is -2.12. The van der Waals surface area contributed by atoms with Gasteiger partial charge < -0.3 is 21.1 Å². The van der Waals surface area contributed by atoms with E-state index in [1.54, 1.807) is 18.3 Å². The fraction of sp³-hybridized carbons (Fsp3) is 0.250. The van der Waals surface area contributed by atoms with Gasteiger partial charge in [-0.2, -0.15) is 0 Å². The molecule has 116 valence electrons. The number of nitrogens with two attached hydrogens (primary N) is 1. The number of anilines is 3. The number of amides is 1. The summed E-state index contributed by atoms with van der Waals surface area (Å²) < 4.78 is 5.08. The smallest absolute Gasteiger partial charge is 0.227 e. The van der Waals surface area contributed by atoms with Crippen molar-refractivity contribution in [3.05, 3.63) is 48.7 Å². The number of hydrogen-bond acceptors (Lipinski definition) is 5. The van der Waals surface area contributed by atoms with E-state index in [2.05, 4.69) is 15.6 Å². The number of carbonyl (C=O) groups excluding carboxylic acids is 1. The van der Waals surface area contributed by atoms with E-state index in [1.807, 2.05) is 30.3 Å². The molecule has 1 amide bonds. The van der Waals surface area contributed by atoms with Crippen LogP contribution in [0.3, 0.4) is 0 Å². The number of hydrogen-bond donors (Lipinski definition) is 3. The molecule has 22 heavy (non-hydrogen) atoms. The predicted molar refractivity (Wildman–Crippen MR) is 87.1 cm³/mol. The zero-order chi connectivity index (χ0) is 15.8. The van der Waals surface area contributed by atoms with Crippen LogP contribution in [0.4, 0.5) is 17.2 Å². The van der Waals surface area contributed by atoms with E-state index in [0.29, 0.717) is 18.1 Å². The maximum Gasteiger partial charge on any atom is 0.227 e. The minimum atomic E-state index is -0.271. The molecule has 2 aromatic rings. The highest BCUT2D eigenvalue weighted by atomic mass is 16.5. The molecule has 1 heterocycles. The summed E-state index contributed by atoms with van der Waals surface area (Å²) in [6.45, 7) is 0.308. The summed E-state index contributed by atoms with van der Waals surface area (Å²) in [5.41, 5.74) is 7.08. The first kappa shape index (κ1) is 15.9. The van der Waals surface area contributed by atoms with E-state index in [1.165, 1.54) is 7.11 Å². The van der Waals surface area contributed by atoms with Crippen molar-refractivity contribution in [2.24, 2.45) is 5.73 Å². The van der Waals surface area contributed by atoms with Crippen molar-refractivity contribution in [2.75, 3.05) is 24.3 Å². The number of rotatable bonds is 7. The molecule has 0 saturated carbocycles. The van der Waals surface area contributed by atoms with Gasteiger partial charge in [-0.25, -0.2) is 4.98 Å². The normalized spacial score (nSPS) is 11.7. The van der Waals surface area contributed by atoms with Crippen LogP contribution in [0.15, 0.2) is 48.7 Å². The van der Waals surface area contributed by atoms with Crippen LogP contribution in [0.2, 0.25) is 0 Å². The fourth-order valence-electron chi connectivity index (χ4n) is 1.89. The van der Waals surface area contributed by atoms with Crippen LogP contribution >= 0.6 is 0 Å². The Hall–Kier alpha value is -2.44. The SMILES string of the molecule is COC(CN)CC(=O)Nc1ccc(Nc2ccccc2)nc1. The number of aromatic nitrogens is 1. The molecule has 6 heteroatoms. The molecule has 0 fully saturated rings. The zero-order valence-corrected chi connectivity index (χ0v) is 12.5. The molecule has 1 aromatic carbocycles. The van der Waals surface area contributed by atoms with Crippen molar-refractivity contribution >= 4 is 23.1 Å². The van der Waals surface area contributed by atoms with Gasteiger partial charge in [0.25, 0.3) is 0 Å². The lowest BCUT2D eigenvalue weighted by atomic mass is 10.2. The second-order valence-electron chi connectivity index (χ2n) is 4.77. The molecule has 0 aliphatic heterocycles. The summed E-state index contributed by atoms with van der Waals surface area (Å²) in [6.07, 6.45) is 1.55. The number of nitrogens with zero attached hydrogens (tertiary/aromatic N) is 1. The van der Waals surface area contributed by atoms with Crippen molar-refractivity contribution < 1.29 is 9.53 Å². The predicted octanol–water partition coefficient (Wildman–Crippen LogP) is 2.13. The van der Waals surface area contributed by atoms with Crippen molar-refractivity contribution in [1.29, 1.82) is 0 Å². The molecule has 2 rings (SSSR count). The fourth-order valence-corrected chi connectivity index (χ4v) is 1.89. The highest BCUT2D eigenvalue weighted by Gasteiger charge is 2.11. The molecular weight excluding hydrogens is 280 g/mol. The van der Waals surface area contributed by atoms with Crippen LogP contribution in [-0.2, 0) is 9.53 Å². The van der Waals surface area contributed by atoms with Gasteiger partial charge in [0.15, 0.2) is 0 Å². The van der Waals surface area contributed by atoms with Gasteiger partial charge in [0.2, 0.25) is 5.91 Å². The molecule has 0 bridgehead atoms. The molecule has 0 radical (unpaired) electrons. The van der Waals surface area contributed by atoms with Crippen molar-refractivity contribution in [1.82, 2.24) is 4.98 Å². The quantitative estimate of drug-likeness (QED) is 0.729. The van der Waals surface area contributed by atoms with E-state index in [0.717, 1.165) is 5.69 Å². The van der Waals surface area contributed by atoms with Crippen LogP contribution in [0.25, 0.3) is 0 Å². The van der Waals surface area contributed by atoms with Gasteiger partial charge in [0, 0.05) is 19.3 Å². The number of carbonyl (C=O) groups is 1. The summed E-state index contributed by atoms with van der Waals surface area (Å²) in [6, 6.07) is 13.3. The summed E-state index contributed by atoms with van der Waals surface area (Å²) in [5, 5.41) is 5.94. The van der Waals surface area contributed by atoms with Gasteiger partial charge in [-0.15, -0.1) is 0 Å². The number of para-hydroxylation sites is 1.